The van der Waals surface area contributed by atoms with Gasteiger partial charge < -0.3 is 4.57 Å². The van der Waals surface area contributed by atoms with Gasteiger partial charge in [0.2, 0.25) is 0 Å². The number of fused-ring (bicyclic) bond motifs is 16. The van der Waals surface area contributed by atoms with E-state index in [0.29, 0.717) is 0 Å². The number of para-hydroxylation sites is 1. The summed E-state index contributed by atoms with van der Waals surface area (Å²) >= 11 is 0. The summed E-state index contributed by atoms with van der Waals surface area (Å²) in [5.74, 6) is 0. The molecule has 0 amide bonds. The summed E-state index contributed by atoms with van der Waals surface area (Å²) in [6, 6.07) is 59.0. The Balaban J connectivity index is 1.24. The number of nitrogens with zero attached hydrogens (tertiary/aromatic N) is 1. The average Bonchev–Trinajstić information content (AvgIpc) is 3.77. The van der Waals surface area contributed by atoms with Crippen LogP contribution < -0.4 is 10.4 Å². The Morgan fingerprint density at radius 3 is 1.50 bits per heavy atom. The summed E-state index contributed by atoms with van der Waals surface area (Å²) < 4.78 is 2.55. The third-order valence-corrected chi connectivity index (χ3v) is 11.7. The molecule has 0 saturated heterocycles. The zero-order valence-corrected chi connectivity index (χ0v) is 27.8. The molecule has 11 rings (SSSR count). The molecule has 2 aliphatic carbocycles. The van der Waals surface area contributed by atoms with Crippen molar-refractivity contribution in [3.63, 3.8) is 0 Å². The van der Waals surface area contributed by atoms with Gasteiger partial charge in [-0.3, -0.25) is 0 Å². The van der Waals surface area contributed by atoms with E-state index in [1.54, 1.807) is 0 Å². The Morgan fingerprint density at radius 1 is 0.420 bits per heavy atom. The summed E-state index contributed by atoms with van der Waals surface area (Å²) in [5, 5.41) is 10.4. The molecule has 0 radical (unpaired) electrons. The van der Waals surface area contributed by atoms with Gasteiger partial charge in [0.25, 0.3) is 0 Å². The van der Waals surface area contributed by atoms with Crippen molar-refractivity contribution < 1.29 is 0 Å². The molecule has 1 heterocycles. The fourth-order valence-corrected chi connectivity index (χ4v) is 9.74. The first-order chi connectivity index (χ1) is 24.8. The summed E-state index contributed by atoms with van der Waals surface area (Å²) in [5.41, 5.74) is 13.1. The van der Waals surface area contributed by atoms with E-state index in [1.165, 1.54) is 98.3 Å². The molecule has 0 bridgehead atoms. The van der Waals surface area contributed by atoms with Crippen LogP contribution in [0.1, 0.15) is 29.2 Å². The van der Waals surface area contributed by atoms with E-state index in [9.17, 15) is 0 Å². The second kappa shape index (κ2) is 10.2. The monoisotopic (exact) mass is 635 g/mol. The zero-order chi connectivity index (χ0) is 33.0. The third kappa shape index (κ3) is 3.42. The normalized spacial score (nSPS) is 14.6. The van der Waals surface area contributed by atoms with E-state index >= 15 is 0 Å². The van der Waals surface area contributed by atoms with E-state index in [2.05, 4.69) is 181 Å². The lowest BCUT2D eigenvalue weighted by Crippen LogP contribution is -2.27. The van der Waals surface area contributed by atoms with Gasteiger partial charge in [0, 0.05) is 28.4 Å². The lowest BCUT2D eigenvalue weighted by molar-refractivity contribution is 0.793. The van der Waals surface area contributed by atoms with E-state index in [-0.39, 0.29) is 5.41 Å². The highest BCUT2D eigenvalue weighted by Crippen LogP contribution is 2.63. The first kappa shape index (κ1) is 27.7. The van der Waals surface area contributed by atoms with Crippen LogP contribution in [0.2, 0.25) is 0 Å². The molecule has 1 heteroatoms. The summed E-state index contributed by atoms with van der Waals surface area (Å²) in [4.78, 5) is 0. The Hall–Kier alpha value is -6.18. The maximum absolute atomic E-state index is 2.55. The predicted octanol–water partition coefficient (Wildman–Crippen LogP) is 10.7. The van der Waals surface area contributed by atoms with Crippen molar-refractivity contribution >= 4 is 55.5 Å². The van der Waals surface area contributed by atoms with Crippen molar-refractivity contribution in [3.8, 4) is 22.3 Å². The number of rotatable bonds is 2. The second-order valence-electron chi connectivity index (χ2n) is 13.8. The molecular formula is C49H33N. The van der Waals surface area contributed by atoms with Crippen molar-refractivity contribution in [1.29, 1.82) is 0 Å². The van der Waals surface area contributed by atoms with Gasteiger partial charge in [-0.1, -0.05) is 152 Å². The van der Waals surface area contributed by atoms with E-state index in [1.807, 2.05) is 0 Å². The van der Waals surface area contributed by atoms with Crippen LogP contribution in [0.25, 0.3) is 77.8 Å². The SMILES string of the molecule is CC=c1c(=CCn2c3ccccc3c3cc4c(cc32)C2(c3ccccc3-c3ccccc32)c2ccccc2-4)c2ccccc2c2ccccc12. The number of aromatic nitrogens is 1. The van der Waals surface area contributed by atoms with Crippen LogP contribution in [-0.4, -0.2) is 4.57 Å². The molecule has 9 aromatic rings. The number of hydrogen-bond acceptors (Lipinski definition) is 0. The molecule has 1 nitrogen and oxygen atoms in total. The van der Waals surface area contributed by atoms with Gasteiger partial charge in [-0.15, -0.1) is 0 Å². The number of hydrogen-bond donors (Lipinski definition) is 0. The molecule has 1 spiro atoms. The molecular weight excluding hydrogens is 603 g/mol. The number of benzene rings is 8. The zero-order valence-electron chi connectivity index (χ0n) is 27.8. The molecule has 2 aliphatic rings. The maximum Gasteiger partial charge on any atom is 0.0726 e. The molecule has 0 unspecified atom stereocenters. The second-order valence-corrected chi connectivity index (χ2v) is 13.8. The largest absolute Gasteiger partial charge is 0.337 e. The average molecular weight is 636 g/mol. The highest BCUT2D eigenvalue weighted by molar-refractivity contribution is 6.12. The Labute approximate surface area is 290 Å². The Bertz CT molecular complexity index is 2980. The van der Waals surface area contributed by atoms with Crippen molar-refractivity contribution in [3.05, 3.63) is 190 Å². The first-order valence-electron chi connectivity index (χ1n) is 17.7. The minimum absolute atomic E-state index is 0.364. The van der Waals surface area contributed by atoms with E-state index in [4.69, 9.17) is 0 Å². The molecule has 0 atom stereocenters. The van der Waals surface area contributed by atoms with Gasteiger partial charge in [0.15, 0.2) is 0 Å². The predicted molar refractivity (Wildman–Crippen MR) is 211 cm³/mol. The lowest BCUT2D eigenvalue weighted by atomic mass is 9.70. The minimum Gasteiger partial charge on any atom is -0.337 e. The van der Waals surface area contributed by atoms with Gasteiger partial charge in [0.05, 0.1) is 5.41 Å². The van der Waals surface area contributed by atoms with Crippen molar-refractivity contribution in [1.82, 2.24) is 4.57 Å². The van der Waals surface area contributed by atoms with Gasteiger partial charge in [0.1, 0.15) is 0 Å². The third-order valence-electron chi connectivity index (χ3n) is 11.7. The summed E-state index contributed by atoms with van der Waals surface area (Å²) in [7, 11) is 0. The van der Waals surface area contributed by atoms with Crippen molar-refractivity contribution in [2.24, 2.45) is 0 Å². The van der Waals surface area contributed by atoms with Crippen molar-refractivity contribution in [2.75, 3.05) is 0 Å². The van der Waals surface area contributed by atoms with Crippen LogP contribution in [0.5, 0.6) is 0 Å². The first-order valence-corrected chi connectivity index (χ1v) is 17.7. The van der Waals surface area contributed by atoms with Crippen LogP contribution in [0, 0.1) is 0 Å². The molecule has 1 aromatic heterocycles. The topological polar surface area (TPSA) is 4.93 Å². The van der Waals surface area contributed by atoms with E-state index < -0.39 is 0 Å². The maximum atomic E-state index is 2.55. The quantitative estimate of drug-likeness (QED) is 0.167. The molecule has 50 heavy (non-hydrogen) atoms. The van der Waals surface area contributed by atoms with Crippen LogP contribution in [-0.2, 0) is 12.0 Å². The fourth-order valence-electron chi connectivity index (χ4n) is 9.74. The van der Waals surface area contributed by atoms with Crippen LogP contribution in [0.15, 0.2) is 158 Å². The van der Waals surface area contributed by atoms with Crippen LogP contribution in [0.4, 0.5) is 0 Å². The standard InChI is InChI=1S/C49H33N/c1-2-31-32-15-3-4-16-33(32)34-17-5-6-18-35(34)36(31)27-28-50-47-26-14-10-22-40(47)42-29-41-39-21-9-13-25-45(39)49(46(41)30-48(42)50)43-23-11-7-19-37(43)38-20-8-12-24-44(38)49/h2-27,29-30H,28H2,1H3. The van der Waals surface area contributed by atoms with Gasteiger partial charge in [-0.2, -0.15) is 0 Å². The van der Waals surface area contributed by atoms with Gasteiger partial charge >= 0.3 is 0 Å². The van der Waals surface area contributed by atoms with Crippen LogP contribution >= 0.6 is 0 Å². The van der Waals surface area contributed by atoms with Crippen LogP contribution in [0.3, 0.4) is 0 Å². The highest BCUT2D eigenvalue weighted by Gasteiger charge is 2.51. The van der Waals surface area contributed by atoms with Crippen molar-refractivity contribution in [2.45, 2.75) is 18.9 Å². The molecule has 0 fully saturated rings. The molecule has 234 valence electrons. The summed E-state index contributed by atoms with van der Waals surface area (Å²) in [6.07, 6.45) is 4.75. The minimum atomic E-state index is -0.364. The highest BCUT2D eigenvalue weighted by atomic mass is 15.0. The summed E-state index contributed by atoms with van der Waals surface area (Å²) in [6.45, 7) is 2.94. The van der Waals surface area contributed by atoms with Gasteiger partial charge in [-0.25, -0.2) is 0 Å². The lowest BCUT2D eigenvalue weighted by Gasteiger charge is -2.30. The Kier molecular flexibility index (Phi) is 5.64. The van der Waals surface area contributed by atoms with Gasteiger partial charge in [-0.05, 0) is 102 Å². The molecule has 8 aromatic carbocycles. The molecule has 0 saturated carbocycles. The smallest absolute Gasteiger partial charge is 0.0726 e. The molecule has 0 aliphatic heterocycles. The van der Waals surface area contributed by atoms with E-state index in [0.717, 1.165) is 6.54 Å². The Morgan fingerprint density at radius 2 is 0.900 bits per heavy atom. The molecule has 0 N–H and O–H groups in total. The fraction of sp³-hybridized carbons (Fsp3) is 0.0612.